The van der Waals surface area contributed by atoms with Crippen LogP contribution in [0, 0.1) is 5.92 Å². The van der Waals surface area contributed by atoms with Gasteiger partial charge in [0.25, 0.3) is 0 Å². The smallest absolute Gasteiger partial charge is 0.216 e. The van der Waals surface area contributed by atoms with Gasteiger partial charge < -0.3 is 5.73 Å². The number of benzene rings is 1. The van der Waals surface area contributed by atoms with E-state index < -0.39 is 10.0 Å². The Morgan fingerprint density at radius 2 is 2.16 bits per heavy atom. The maximum Gasteiger partial charge on any atom is 0.216 e. The lowest BCUT2D eigenvalue weighted by atomic mass is 9.83. The fraction of sp³-hybridized carbons (Fsp3) is 0.462. The molecule has 0 spiro atoms. The molecule has 0 atom stereocenters. The van der Waals surface area contributed by atoms with Crippen molar-refractivity contribution in [3.8, 4) is 0 Å². The van der Waals surface area contributed by atoms with Crippen LogP contribution in [0.15, 0.2) is 24.3 Å². The third-order valence-electron chi connectivity index (χ3n) is 3.29. The van der Waals surface area contributed by atoms with E-state index in [1.54, 1.807) is 24.3 Å². The zero-order chi connectivity index (χ0) is 14.0. The summed E-state index contributed by atoms with van der Waals surface area (Å²) in [6, 6.07) is 7.14. The largest absolute Gasteiger partial charge is 0.389 e. The lowest BCUT2D eigenvalue weighted by Crippen LogP contribution is -2.43. The summed E-state index contributed by atoms with van der Waals surface area (Å²) in [6.07, 6.45) is 1.85. The van der Waals surface area contributed by atoms with Crippen LogP contribution in [0.5, 0.6) is 0 Å². The van der Waals surface area contributed by atoms with Crippen molar-refractivity contribution >= 4 is 27.2 Å². The molecule has 0 amide bonds. The van der Waals surface area contributed by atoms with Gasteiger partial charge in [-0.15, -0.1) is 0 Å². The number of rotatable bonds is 5. The van der Waals surface area contributed by atoms with Crippen LogP contribution in [0.1, 0.15) is 30.9 Å². The standard InChI is InChI=1S/C13H18N2O2S2/c1-9-5-12(6-9)15-19(16,17)8-10-3-2-4-11(7-10)13(14)18/h2-4,7,9,12,15H,5-6,8H2,1H3,(H2,14,18). The van der Waals surface area contributed by atoms with Gasteiger partial charge in [-0.25, -0.2) is 13.1 Å². The average Bonchev–Trinajstić information content (AvgIpc) is 2.26. The van der Waals surface area contributed by atoms with Crippen molar-refractivity contribution in [1.82, 2.24) is 4.72 Å². The molecule has 19 heavy (non-hydrogen) atoms. The molecule has 104 valence electrons. The molecule has 6 heteroatoms. The van der Waals surface area contributed by atoms with E-state index in [9.17, 15) is 8.42 Å². The van der Waals surface area contributed by atoms with Gasteiger partial charge in [0.1, 0.15) is 4.99 Å². The molecule has 2 rings (SSSR count). The first kappa shape index (κ1) is 14.4. The van der Waals surface area contributed by atoms with Crippen molar-refractivity contribution in [3.63, 3.8) is 0 Å². The van der Waals surface area contributed by atoms with Gasteiger partial charge in [-0.3, -0.25) is 0 Å². The summed E-state index contributed by atoms with van der Waals surface area (Å²) < 4.78 is 26.8. The molecule has 1 aliphatic carbocycles. The highest BCUT2D eigenvalue weighted by molar-refractivity contribution is 7.88. The van der Waals surface area contributed by atoms with Crippen molar-refractivity contribution in [2.24, 2.45) is 11.7 Å². The highest BCUT2D eigenvalue weighted by Crippen LogP contribution is 2.27. The van der Waals surface area contributed by atoms with E-state index in [2.05, 4.69) is 11.6 Å². The molecule has 4 nitrogen and oxygen atoms in total. The van der Waals surface area contributed by atoms with Crippen molar-refractivity contribution in [2.75, 3.05) is 0 Å². The molecule has 1 aromatic rings. The van der Waals surface area contributed by atoms with E-state index in [0.717, 1.165) is 12.8 Å². The second-order valence-corrected chi connectivity index (χ2v) is 7.41. The number of sulfonamides is 1. The lowest BCUT2D eigenvalue weighted by Gasteiger charge is -2.32. The molecule has 0 unspecified atom stereocenters. The lowest BCUT2D eigenvalue weighted by molar-refractivity contribution is 0.270. The van der Waals surface area contributed by atoms with E-state index in [1.807, 2.05) is 0 Å². The number of hydrogen-bond donors (Lipinski definition) is 2. The third-order valence-corrected chi connectivity index (χ3v) is 4.93. The molecule has 0 saturated heterocycles. The third kappa shape index (κ3) is 3.99. The van der Waals surface area contributed by atoms with Crippen LogP contribution < -0.4 is 10.5 Å². The number of nitrogens with two attached hydrogens (primary N) is 1. The Morgan fingerprint density at radius 1 is 1.47 bits per heavy atom. The van der Waals surface area contributed by atoms with Crippen LogP contribution in [-0.2, 0) is 15.8 Å². The van der Waals surface area contributed by atoms with Gasteiger partial charge in [0.05, 0.1) is 5.75 Å². The maximum atomic E-state index is 12.0. The Labute approximate surface area is 119 Å². The van der Waals surface area contributed by atoms with Crippen LogP contribution in [-0.4, -0.2) is 19.4 Å². The minimum atomic E-state index is -3.29. The first-order valence-corrected chi connectivity index (χ1v) is 8.30. The van der Waals surface area contributed by atoms with Crippen LogP contribution >= 0.6 is 12.2 Å². The summed E-state index contributed by atoms with van der Waals surface area (Å²) in [5.41, 5.74) is 6.93. The highest BCUT2D eigenvalue weighted by Gasteiger charge is 2.29. The van der Waals surface area contributed by atoms with E-state index in [0.29, 0.717) is 17.0 Å². The summed E-state index contributed by atoms with van der Waals surface area (Å²) in [6.45, 7) is 2.12. The summed E-state index contributed by atoms with van der Waals surface area (Å²) in [5.74, 6) is 0.583. The Kier molecular flexibility index (Phi) is 4.23. The number of thiocarbonyl (C=S) groups is 1. The zero-order valence-corrected chi connectivity index (χ0v) is 12.4. The molecule has 1 aliphatic rings. The second-order valence-electron chi connectivity index (χ2n) is 5.22. The Balaban J connectivity index is 2.03. The average molecular weight is 298 g/mol. The van der Waals surface area contributed by atoms with Gasteiger partial charge in [-0.05, 0) is 30.4 Å². The Morgan fingerprint density at radius 3 is 2.74 bits per heavy atom. The molecule has 3 N–H and O–H groups in total. The molecule has 0 heterocycles. The van der Waals surface area contributed by atoms with Gasteiger partial charge in [-0.1, -0.05) is 37.3 Å². The molecular weight excluding hydrogens is 280 g/mol. The fourth-order valence-corrected chi connectivity index (χ4v) is 3.86. The first-order chi connectivity index (χ1) is 8.85. The van der Waals surface area contributed by atoms with Crippen LogP contribution in [0.2, 0.25) is 0 Å². The van der Waals surface area contributed by atoms with Gasteiger partial charge >= 0.3 is 0 Å². The van der Waals surface area contributed by atoms with E-state index in [1.165, 1.54) is 0 Å². The summed E-state index contributed by atoms with van der Waals surface area (Å²) in [4.78, 5) is 0.278. The predicted molar refractivity (Wildman–Crippen MR) is 80.3 cm³/mol. The fourth-order valence-electron chi connectivity index (χ4n) is 2.33. The monoisotopic (exact) mass is 298 g/mol. The highest BCUT2D eigenvalue weighted by atomic mass is 32.2. The minimum absolute atomic E-state index is 0.0334. The van der Waals surface area contributed by atoms with Crippen molar-refractivity contribution in [2.45, 2.75) is 31.6 Å². The van der Waals surface area contributed by atoms with Gasteiger partial charge in [-0.2, -0.15) is 0 Å². The summed E-state index contributed by atoms with van der Waals surface area (Å²) in [5, 5.41) is 0. The molecular formula is C13H18N2O2S2. The molecule has 0 bridgehead atoms. The normalized spacial score (nSPS) is 22.8. The van der Waals surface area contributed by atoms with Crippen molar-refractivity contribution in [3.05, 3.63) is 35.4 Å². The molecule has 0 aliphatic heterocycles. The van der Waals surface area contributed by atoms with E-state index in [4.69, 9.17) is 18.0 Å². The predicted octanol–water partition coefficient (Wildman–Crippen LogP) is 1.54. The number of hydrogen-bond acceptors (Lipinski definition) is 3. The van der Waals surface area contributed by atoms with Gasteiger partial charge in [0, 0.05) is 11.6 Å². The molecule has 1 fully saturated rings. The van der Waals surface area contributed by atoms with E-state index >= 15 is 0 Å². The Hall–Kier alpha value is -0.980. The topological polar surface area (TPSA) is 72.2 Å². The Bertz CT molecular complexity index is 578. The maximum absolute atomic E-state index is 12.0. The zero-order valence-electron chi connectivity index (χ0n) is 10.8. The van der Waals surface area contributed by atoms with E-state index in [-0.39, 0.29) is 16.8 Å². The van der Waals surface area contributed by atoms with Gasteiger partial charge in [0.2, 0.25) is 10.0 Å². The quantitative estimate of drug-likeness (QED) is 0.809. The van der Waals surface area contributed by atoms with Crippen LogP contribution in [0.4, 0.5) is 0 Å². The van der Waals surface area contributed by atoms with Crippen LogP contribution in [0.3, 0.4) is 0 Å². The summed E-state index contributed by atoms with van der Waals surface area (Å²) in [7, 11) is -3.29. The number of nitrogens with one attached hydrogen (secondary N) is 1. The SMILES string of the molecule is CC1CC(NS(=O)(=O)Cc2cccc(C(N)=S)c2)C1. The van der Waals surface area contributed by atoms with Gasteiger partial charge in [0.15, 0.2) is 0 Å². The van der Waals surface area contributed by atoms with Crippen molar-refractivity contribution in [1.29, 1.82) is 0 Å². The first-order valence-electron chi connectivity index (χ1n) is 6.24. The molecule has 1 saturated carbocycles. The van der Waals surface area contributed by atoms with Crippen LogP contribution in [0.25, 0.3) is 0 Å². The molecule has 0 radical (unpaired) electrons. The molecule has 1 aromatic carbocycles. The second kappa shape index (κ2) is 5.56. The summed E-state index contributed by atoms with van der Waals surface area (Å²) >= 11 is 4.89. The van der Waals surface area contributed by atoms with Crippen molar-refractivity contribution < 1.29 is 8.42 Å². The molecule has 0 aromatic heterocycles. The minimum Gasteiger partial charge on any atom is -0.389 e.